The van der Waals surface area contributed by atoms with E-state index in [1.807, 2.05) is 30.3 Å². The first-order valence-corrected chi connectivity index (χ1v) is 7.43. The summed E-state index contributed by atoms with van der Waals surface area (Å²) in [6.45, 7) is 7.56. The lowest BCUT2D eigenvalue weighted by atomic mass is 10.1. The first-order chi connectivity index (χ1) is 11.7. The van der Waals surface area contributed by atoms with Crippen molar-refractivity contribution < 1.29 is 14.3 Å². The largest absolute Gasteiger partial charge is 0.451 e. The van der Waals surface area contributed by atoms with E-state index in [2.05, 4.69) is 23.4 Å². The van der Waals surface area contributed by atoms with Crippen LogP contribution in [-0.2, 0) is 9.53 Å². The standard InChI is InChI=1S/C18H19N3O3/c1-3-10-21(11-4-2)17(22)13-24-18(23)16-12-15(19-20-16)14-8-6-5-7-9-14/h3-9,12H,1-2,10-11,13H2,(H,19,20). The van der Waals surface area contributed by atoms with Gasteiger partial charge in [-0.1, -0.05) is 42.5 Å². The molecule has 2 rings (SSSR count). The minimum absolute atomic E-state index is 0.195. The second-order valence-electron chi connectivity index (χ2n) is 4.99. The Morgan fingerprint density at radius 3 is 2.46 bits per heavy atom. The number of hydrogen-bond acceptors (Lipinski definition) is 4. The van der Waals surface area contributed by atoms with Crippen molar-refractivity contribution in [1.29, 1.82) is 0 Å². The average molecular weight is 325 g/mol. The van der Waals surface area contributed by atoms with Gasteiger partial charge >= 0.3 is 5.97 Å². The maximum absolute atomic E-state index is 12.0. The minimum atomic E-state index is -0.629. The van der Waals surface area contributed by atoms with Crippen LogP contribution in [0.1, 0.15) is 10.5 Å². The predicted octanol–water partition coefficient (Wildman–Crippen LogP) is 2.43. The van der Waals surface area contributed by atoms with Crippen LogP contribution >= 0.6 is 0 Å². The van der Waals surface area contributed by atoms with Crippen LogP contribution in [0.25, 0.3) is 11.3 Å². The van der Waals surface area contributed by atoms with Crippen LogP contribution in [0.4, 0.5) is 0 Å². The highest BCUT2D eigenvalue weighted by atomic mass is 16.5. The highest BCUT2D eigenvalue weighted by Gasteiger charge is 2.16. The molecule has 6 nitrogen and oxygen atoms in total. The number of nitrogens with one attached hydrogen (secondary N) is 1. The van der Waals surface area contributed by atoms with Crippen LogP contribution in [0.2, 0.25) is 0 Å². The fourth-order valence-corrected chi connectivity index (χ4v) is 2.07. The van der Waals surface area contributed by atoms with Gasteiger partial charge in [-0.15, -0.1) is 13.2 Å². The van der Waals surface area contributed by atoms with Crippen molar-refractivity contribution in [2.75, 3.05) is 19.7 Å². The van der Waals surface area contributed by atoms with Crippen molar-refractivity contribution in [3.8, 4) is 11.3 Å². The molecular formula is C18H19N3O3. The molecule has 1 aromatic heterocycles. The molecule has 0 radical (unpaired) electrons. The van der Waals surface area contributed by atoms with Crippen molar-refractivity contribution in [3.63, 3.8) is 0 Å². The Morgan fingerprint density at radius 1 is 1.17 bits per heavy atom. The molecule has 0 aliphatic rings. The Labute approximate surface area is 140 Å². The molecule has 0 aliphatic carbocycles. The molecule has 0 unspecified atom stereocenters. The summed E-state index contributed by atoms with van der Waals surface area (Å²) in [4.78, 5) is 25.5. The number of carbonyl (C=O) groups is 2. The Kier molecular flexibility index (Phi) is 6.08. The van der Waals surface area contributed by atoms with E-state index in [1.165, 1.54) is 4.90 Å². The minimum Gasteiger partial charge on any atom is -0.451 e. The second kappa shape index (κ2) is 8.47. The number of nitrogens with zero attached hydrogens (tertiary/aromatic N) is 2. The van der Waals surface area contributed by atoms with Gasteiger partial charge in [0.2, 0.25) is 0 Å². The highest BCUT2D eigenvalue weighted by molar-refractivity contribution is 5.90. The molecule has 1 N–H and O–H groups in total. The van der Waals surface area contributed by atoms with Crippen molar-refractivity contribution in [3.05, 3.63) is 67.4 Å². The summed E-state index contributed by atoms with van der Waals surface area (Å²) in [6.07, 6.45) is 3.20. The van der Waals surface area contributed by atoms with Crippen molar-refractivity contribution >= 4 is 11.9 Å². The van der Waals surface area contributed by atoms with Crippen molar-refractivity contribution in [2.45, 2.75) is 0 Å². The molecule has 1 heterocycles. The van der Waals surface area contributed by atoms with Crippen LogP contribution in [-0.4, -0.2) is 46.7 Å². The van der Waals surface area contributed by atoms with E-state index in [0.717, 1.165) is 5.56 Å². The highest BCUT2D eigenvalue weighted by Crippen LogP contribution is 2.17. The first-order valence-electron chi connectivity index (χ1n) is 7.43. The lowest BCUT2D eigenvalue weighted by molar-refractivity contribution is -0.133. The number of aromatic nitrogens is 2. The lowest BCUT2D eigenvalue weighted by Crippen LogP contribution is -2.35. The number of ether oxygens (including phenoxy) is 1. The number of hydrogen-bond donors (Lipinski definition) is 1. The summed E-state index contributed by atoms with van der Waals surface area (Å²) in [5.74, 6) is -0.943. The molecule has 1 amide bonds. The number of amides is 1. The lowest BCUT2D eigenvalue weighted by Gasteiger charge is -2.18. The molecule has 2 aromatic rings. The van der Waals surface area contributed by atoms with Gasteiger partial charge in [-0.3, -0.25) is 9.89 Å². The van der Waals surface area contributed by atoms with Gasteiger partial charge in [0, 0.05) is 18.7 Å². The van der Waals surface area contributed by atoms with Crippen molar-refractivity contribution in [2.24, 2.45) is 0 Å². The summed E-state index contributed by atoms with van der Waals surface area (Å²) in [6, 6.07) is 11.0. The van der Waals surface area contributed by atoms with Crippen LogP contribution in [0, 0.1) is 0 Å². The third-order valence-electron chi connectivity index (χ3n) is 3.25. The fraction of sp³-hybridized carbons (Fsp3) is 0.167. The SMILES string of the molecule is C=CCN(CC=C)C(=O)COC(=O)c1cc(-c2ccccc2)n[nH]1. The molecular weight excluding hydrogens is 306 g/mol. The van der Waals surface area contributed by atoms with E-state index >= 15 is 0 Å². The Morgan fingerprint density at radius 2 is 1.83 bits per heavy atom. The molecule has 0 aliphatic heterocycles. The van der Waals surface area contributed by atoms with Crippen molar-refractivity contribution in [1.82, 2.24) is 15.1 Å². The molecule has 0 atom stereocenters. The summed E-state index contributed by atoms with van der Waals surface area (Å²) < 4.78 is 5.04. The third kappa shape index (κ3) is 4.42. The van der Waals surface area contributed by atoms with Gasteiger partial charge in [-0.2, -0.15) is 5.10 Å². The maximum atomic E-state index is 12.0. The van der Waals surface area contributed by atoms with Gasteiger partial charge < -0.3 is 9.64 Å². The van der Waals surface area contributed by atoms with E-state index in [-0.39, 0.29) is 18.2 Å². The number of rotatable bonds is 8. The summed E-state index contributed by atoms with van der Waals surface area (Å²) in [5.41, 5.74) is 1.71. The van der Waals surface area contributed by atoms with E-state index in [1.54, 1.807) is 18.2 Å². The Hall–Kier alpha value is -3.15. The summed E-state index contributed by atoms with van der Waals surface area (Å²) in [7, 11) is 0. The summed E-state index contributed by atoms with van der Waals surface area (Å²) >= 11 is 0. The summed E-state index contributed by atoms with van der Waals surface area (Å²) in [5, 5.41) is 6.71. The average Bonchev–Trinajstić information content (AvgIpc) is 3.10. The Balaban J connectivity index is 1.95. The smallest absolute Gasteiger partial charge is 0.356 e. The zero-order chi connectivity index (χ0) is 17.4. The van der Waals surface area contributed by atoms with E-state index in [4.69, 9.17) is 4.74 Å². The Bertz CT molecular complexity index is 712. The van der Waals surface area contributed by atoms with E-state index in [0.29, 0.717) is 18.8 Å². The number of benzene rings is 1. The van der Waals surface area contributed by atoms with Gasteiger partial charge in [-0.05, 0) is 6.07 Å². The fourth-order valence-electron chi connectivity index (χ4n) is 2.07. The van der Waals surface area contributed by atoms with Gasteiger partial charge in [0.25, 0.3) is 5.91 Å². The first kappa shape index (κ1) is 17.2. The number of carbonyl (C=O) groups excluding carboxylic acids is 2. The number of H-pyrrole nitrogens is 1. The third-order valence-corrected chi connectivity index (χ3v) is 3.25. The maximum Gasteiger partial charge on any atom is 0.356 e. The molecule has 0 fully saturated rings. The molecule has 24 heavy (non-hydrogen) atoms. The van der Waals surface area contributed by atoms with Gasteiger partial charge in [-0.25, -0.2) is 4.79 Å². The normalized spacial score (nSPS) is 10.0. The van der Waals surface area contributed by atoms with Gasteiger partial charge in [0.05, 0.1) is 5.69 Å². The van der Waals surface area contributed by atoms with Crippen LogP contribution < -0.4 is 0 Å². The molecule has 0 saturated carbocycles. The monoisotopic (exact) mass is 325 g/mol. The molecule has 0 spiro atoms. The van der Waals surface area contributed by atoms with Gasteiger partial charge in [0.15, 0.2) is 6.61 Å². The molecule has 1 aromatic carbocycles. The van der Waals surface area contributed by atoms with Crippen LogP contribution in [0.15, 0.2) is 61.7 Å². The molecule has 0 bridgehead atoms. The number of aromatic amines is 1. The topological polar surface area (TPSA) is 75.3 Å². The van der Waals surface area contributed by atoms with E-state index < -0.39 is 5.97 Å². The molecule has 124 valence electrons. The molecule has 0 saturated heterocycles. The number of esters is 1. The predicted molar refractivity (Wildman–Crippen MR) is 91.3 cm³/mol. The van der Waals surface area contributed by atoms with Crippen LogP contribution in [0.5, 0.6) is 0 Å². The quantitative estimate of drug-likeness (QED) is 0.597. The van der Waals surface area contributed by atoms with E-state index in [9.17, 15) is 9.59 Å². The van der Waals surface area contributed by atoms with Crippen LogP contribution in [0.3, 0.4) is 0 Å². The molecule has 6 heteroatoms. The zero-order valence-electron chi connectivity index (χ0n) is 13.3. The zero-order valence-corrected chi connectivity index (χ0v) is 13.3. The second-order valence-corrected chi connectivity index (χ2v) is 4.99. The van der Waals surface area contributed by atoms with Gasteiger partial charge in [0.1, 0.15) is 5.69 Å².